The number of rotatable bonds is 8. The van der Waals surface area contributed by atoms with Gasteiger partial charge in [-0.1, -0.05) is 52.0 Å². The van der Waals surface area contributed by atoms with Gasteiger partial charge in [0.15, 0.2) is 0 Å². The average molecular weight is 457 g/mol. The summed E-state index contributed by atoms with van der Waals surface area (Å²) >= 11 is 9.88. The Balaban J connectivity index is 1.84. The minimum atomic E-state index is -0.958. The number of hydrogen-bond donors (Lipinski definition) is 2. The van der Waals surface area contributed by atoms with E-state index in [0.717, 1.165) is 10.0 Å². The second-order valence-electron chi connectivity index (χ2n) is 5.48. The number of amides is 2. The van der Waals surface area contributed by atoms with Gasteiger partial charge in [0.2, 0.25) is 5.91 Å². The van der Waals surface area contributed by atoms with Crippen molar-refractivity contribution in [3.8, 4) is 0 Å². The molecule has 2 N–H and O–H groups in total. The maximum Gasteiger partial charge on any atom is 0.305 e. The monoisotopic (exact) mass is 456 g/mol. The molecule has 2 rings (SSSR count). The molecule has 0 aliphatic carbocycles. The van der Waals surface area contributed by atoms with Crippen LogP contribution in [0.15, 0.2) is 33.6 Å². The van der Waals surface area contributed by atoms with Crippen molar-refractivity contribution in [3.63, 3.8) is 0 Å². The van der Waals surface area contributed by atoms with E-state index in [-0.39, 0.29) is 31.2 Å². The molecule has 9 heteroatoms. The molecule has 0 saturated carbocycles. The van der Waals surface area contributed by atoms with E-state index in [1.807, 2.05) is 24.3 Å². The van der Waals surface area contributed by atoms with Gasteiger partial charge in [-0.3, -0.25) is 19.3 Å². The van der Waals surface area contributed by atoms with Gasteiger partial charge in [-0.25, -0.2) is 0 Å². The second kappa shape index (κ2) is 9.84. The molecule has 0 aromatic heterocycles. The number of aliphatic carboxylic acids is 1. The molecule has 1 saturated heterocycles. The summed E-state index contributed by atoms with van der Waals surface area (Å²) in [6, 6.07) is 7.60. The van der Waals surface area contributed by atoms with Gasteiger partial charge in [0, 0.05) is 24.0 Å². The summed E-state index contributed by atoms with van der Waals surface area (Å²) < 4.78 is 1.44. The first-order valence-corrected chi connectivity index (χ1v) is 9.88. The zero-order valence-corrected chi connectivity index (χ0v) is 17.0. The molecule has 0 atom stereocenters. The van der Waals surface area contributed by atoms with Gasteiger partial charge < -0.3 is 10.4 Å². The predicted octanol–water partition coefficient (Wildman–Crippen LogP) is 3.02. The quantitative estimate of drug-likeness (QED) is 0.461. The molecule has 2 amide bonds. The van der Waals surface area contributed by atoms with Crippen molar-refractivity contribution in [2.45, 2.75) is 19.3 Å². The standard InChI is InChI=1S/C17H17BrN2O4S2/c18-12-5-3-11(4-6-12)10-13-16(24)20(17(25)26-13)9-1-2-14(21)19-8-7-15(22)23/h3-6,10H,1-2,7-9H2,(H,19,21)(H,22,23)/b13-10-. The van der Waals surface area contributed by atoms with Gasteiger partial charge in [-0.05, 0) is 30.2 Å². The summed E-state index contributed by atoms with van der Waals surface area (Å²) in [5.41, 5.74) is 0.909. The van der Waals surface area contributed by atoms with Crippen LogP contribution in [0.2, 0.25) is 0 Å². The van der Waals surface area contributed by atoms with Crippen molar-refractivity contribution in [3.05, 3.63) is 39.2 Å². The molecule has 1 aliphatic rings. The lowest BCUT2D eigenvalue weighted by Gasteiger charge is -2.14. The van der Waals surface area contributed by atoms with Crippen LogP contribution in [-0.2, 0) is 14.4 Å². The van der Waals surface area contributed by atoms with E-state index in [1.54, 1.807) is 6.08 Å². The topological polar surface area (TPSA) is 86.7 Å². The normalized spacial score (nSPS) is 15.6. The van der Waals surface area contributed by atoms with Crippen LogP contribution in [0.5, 0.6) is 0 Å². The number of carboxylic acids is 1. The Labute approximate surface area is 169 Å². The highest BCUT2D eigenvalue weighted by molar-refractivity contribution is 9.10. The van der Waals surface area contributed by atoms with Crippen LogP contribution in [-0.4, -0.2) is 45.2 Å². The third-order valence-corrected chi connectivity index (χ3v) is 5.39. The van der Waals surface area contributed by atoms with Gasteiger partial charge in [0.05, 0.1) is 11.3 Å². The molecular weight excluding hydrogens is 440 g/mol. The van der Waals surface area contributed by atoms with Crippen LogP contribution in [0, 0.1) is 0 Å². The molecule has 6 nitrogen and oxygen atoms in total. The van der Waals surface area contributed by atoms with Crippen LogP contribution in [0.4, 0.5) is 0 Å². The van der Waals surface area contributed by atoms with Crippen LogP contribution in [0.3, 0.4) is 0 Å². The number of carbonyl (C=O) groups excluding carboxylic acids is 2. The zero-order valence-electron chi connectivity index (χ0n) is 13.7. The van der Waals surface area contributed by atoms with Crippen molar-refractivity contribution in [2.75, 3.05) is 13.1 Å². The highest BCUT2D eigenvalue weighted by Crippen LogP contribution is 2.32. The molecule has 1 heterocycles. The van der Waals surface area contributed by atoms with Crippen LogP contribution in [0.1, 0.15) is 24.8 Å². The molecule has 0 unspecified atom stereocenters. The van der Waals surface area contributed by atoms with Crippen molar-refractivity contribution in [1.82, 2.24) is 10.2 Å². The Morgan fingerprint density at radius 3 is 2.62 bits per heavy atom. The maximum absolute atomic E-state index is 12.5. The van der Waals surface area contributed by atoms with E-state index in [2.05, 4.69) is 21.2 Å². The number of thiocarbonyl (C=S) groups is 1. The van der Waals surface area contributed by atoms with Crippen LogP contribution < -0.4 is 5.32 Å². The summed E-state index contributed by atoms with van der Waals surface area (Å²) in [6.45, 7) is 0.458. The number of thioether (sulfide) groups is 1. The lowest BCUT2D eigenvalue weighted by Crippen LogP contribution is -2.31. The van der Waals surface area contributed by atoms with Crippen LogP contribution in [0.25, 0.3) is 6.08 Å². The number of carbonyl (C=O) groups is 3. The maximum atomic E-state index is 12.5. The third-order valence-electron chi connectivity index (χ3n) is 3.49. The Hall–Kier alpha value is -1.71. The first-order valence-electron chi connectivity index (χ1n) is 7.86. The molecule has 1 fully saturated rings. The number of nitrogens with zero attached hydrogens (tertiary/aromatic N) is 1. The van der Waals surface area contributed by atoms with Crippen molar-refractivity contribution < 1.29 is 19.5 Å². The number of nitrogens with one attached hydrogen (secondary N) is 1. The first-order chi connectivity index (χ1) is 12.4. The minimum absolute atomic E-state index is 0.102. The Bertz CT molecular complexity index is 750. The summed E-state index contributed by atoms with van der Waals surface area (Å²) in [4.78, 5) is 36.6. The number of benzene rings is 1. The van der Waals surface area contributed by atoms with Gasteiger partial charge in [0.1, 0.15) is 4.32 Å². The van der Waals surface area contributed by atoms with Crippen molar-refractivity contribution >= 4 is 68.1 Å². The molecule has 138 valence electrons. The lowest BCUT2D eigenvalue weighted by molar-refractivity contribution is -0.137. The fourth-order valence-corrected chi connectivity index (χ4v) is 3.77. The van der Waals surface area contributed by atoms with Gasteiger partial charge in [-0.2, -0.15) is 0 Å². The summed E-state index contributed by atoms with van der Waals surface area (Å²) in [6.07, 6.45) is 2.35. The lowest BCUT2D eigenvalue weighted by atomic mass is 10.2. The number of hydrogen-bond acceptors (Lipinski definition) is 5. The molecule has 0 bridgehead atoms. The number of halogens is 1. The Morgan fingerprint density at radius 1 is 1.27 bits per heavy atom. The van der Waals surface area contributed by atoms with Gasteiger partial charge in [0.25, 0.3) is 5.91 Å². The Kier molecular flexibility index (Phi) is 7.80. The van der Waals surface area contributed by atoms with E-state index in [4.69, 9.17) is 17.3 Å². The Morgan fingerprint density at radius 2 is 1.96 bits per heavy atom. The molecule has 0 spiro atoms. The highest BCUT2D eigenvalue weighted by Gasteiger charge is 2.31. The summed E-state index contributed by atoms with van der Waals surface area (Å²) in [5, 5.41) is 11.1. The second-order valence-corrected chi connectivity index (χ2v) is 8.07. The summed E-state index contributed by atoms with van der Waals surface area (Å²) in [5.74, 6) is -1.35. The minimum Gasteiger partial charge on any atom is -0.481 e. The van der Waals surface area contributed by atoms with Gasteiger partial charge >= 0.3 is 5.97 Å². The molecule has 26 heavy (non-hydrogen) atoms. The fourth-order valence-electron chi connectivity index (χ4n) is 2.20. The predicted molar refractivity (Wildman–Crippen MR) is 109 cm³/mol. The largest absolute Gasteiger partial charge is 0.481 e. The van der Waals surface area contributed by atoms with E-state index >= 15 is 0 Å². The highest BCUT2D eigenvalue weighted by atomic mass is 79.9. The molecule has 1 aliphatic heterocycles. The molecule has 0 radical (unpaired) electrons. The molecule has 1 aromatic rings. The van der Waals surface area contributed by atoms with E-state index in [1.165, 1.54) is 16.7 Å². The SMILES string of the molecule is O=C(O)CCNC(=O)CCCN1C(=O)/C(=C/c2ccc(Br)cc2)SC1=S. The summed E-state index contributed by atoms with van der Waals surface area (Å²) in [7, 11) is 0. The molecule has 1 aromatic carbocycles. The smallest absolute Gasteiger partial charge is 0.305 e. The van der Waals surface area contributed by atoms with Gasteiger partial charge in [-0.15, -0.1) is 0 Å². The van der Waals surface area contributed by atoms with Crippen molar-refractivity contribution in [2.24, 2.45) is 0 Å². The van der Waals surface area contributed by atoms with E-state index in [9.17, 15) is 14.4 Å². The fraction of sp³-hybridized carbons (Fsp3) is 0.294. The number of carboxylic acid groups (broad SMARTS) is 1. The average Bonchev–Trinajstić information content (AvgIpc) is 2.84. The van der Waals surface area contributed by atoms with Crippen LogP contribution >= 0.6 is 39.9 Å². The first kappa shape index (κ1) is 20.6. The molecular formula is C17H17BrN2O4S2. The third kappa shape index (κ3) is 6.22. The van der Waals surface area contributed by atoms with E-state index < -0.39 is 5.97 Å². The van der Waals surface area contributed by atoms with Crippen molar-refractivity contribution in [1.29, 1.82) is 0 Å². The zero-order chi connectivity index (χ0) is 19.1. The van der Waals surface area contributed by atoms with E-state index in [0.29, 0.717) is 22.2 Å².